The molecule has 0 aliphatic heterocycles. The van der Waals surface area contributed by atoms with Gasteiger partial charge in [0, 0.05) is 12.1 Å². The molecule has 0 saturated heterocycles. The van der Waals surface area contributed by atoms with Crippen molar-refractivity contribution in [1.82, 2.24) is 4.72 Å². The quantitative estimate of drug-likeness (QED) is 0.438. The number of sulfonamides is 1. The number of aliphatic carboxylic acids is 1. The van der Waals surface area contributed by atoms with Crippen molar-refractivity contribution >= 4 is 16.0 Å². The monoisotopic (exact) mass is 391 g/mol. The molecule has 0 aromatic heterocycles. The van der Waals surface area contributed by atoms with Crippen LogP contribution in [0.3, 0.4) is 0 Å². The lowest BCUT2D eigenvalue weighted by Gasteiger charge is -2.21. The van der Waals surface area contributed by atoms with Crippen molar-refractivity contribution in [3.05, 3.63) is 59.3 Å². The molecule has 0 unspecified atom stereocenters. The van der Waals surface area contributed by atoms with Crippen LogP contribution in [0.15, 0.2) is 53.8 Å². The first-order chi connectivity index (χ1) is 13.0. The zero-order valence-corrected chi connectivity index (χ0v) is 16.5. The fraction of sp³-hybridized carbons (Fsp3) is 0.476. The maximum absolute atomic E-state index is 12.5. The molecule has 1 aliphatic rings. The van der Waals surface area contributed by atoms with Crippen molar-refractivity contribution in [2.24, 2.45) is 0 Å². The van der Waals surface area contributed by atoms with Crippen LogP contribution in [0.2, 0.25) is 0 Å². The molecule has 0 bridgehead atoms. The Morgan fingerprint density at radius 3 is 2.59 bits per heavy atom. The molecule has 27 heavy (non-hydrogen) atoms. The molecule has 0 saturated carbocycles. The second-order valence-electron chi connectivity index (χ2n) is 6.91. The highest BCUT2D eigenvalue weighted by atomic mass is 32.2. The lowest BCUT2D eigenvalue weighted by molar-refractivity contribution is -0.137. The normalized spacial score (nSPS) is 15.3. The molecule has 0 fully saturated rings. The summed E-state index contributed by atoms with van der Waals surface area (Å²) in [5.41, 5.74) is 3.02. The molecule has 1 aliphatic carbocycles. The Labute approximate surface area is 162 Å². The summed E-state index contributed by atoms with van der Waals surface area (Å²) >= 11 is 0. The van der Waals surface area contributed by atoms with Crippen LogP contribution in [-0.4, -0.2) is 25.2 Å². The van der Waals surface area contributed by atoms with Gasteiger partial charge in [0.25, 0.3) is 0 Å². The number of nitrogens with one attached hydrogen (secondary N) is 1. The van der Waals surface area contributed by atoms with Gasteiger partial charge in [0.1, 0.15) is 0 Å². The van der Waals surface area contributed by atoms with Crippen LogP contribution < -0.4 is 4.72 Å². The predicted molar refractivity (Wildman–Crippen MR) is 108 cm³/mol. The third-order valence-corrected chi connectivity index (χ3v) is 5.95. The highest BCUT2D eigenvalue weighted by Gasteiger charge is 2.18. The predicted octanol–water partition coefficient (Wildman–Crippen LogP) is 4.18. The van der Waals surface area contributed by atoms with E-state index in [0.29, 0.717) is 12.8 Å². The van der Waals surface area contributed by atoms with Gasteiger partial charge in [-0.05, 0) is 62.5 Å². The molecule has 2 N–H and O–H groups in total. The Balaban J connectivity index is 1.89. The molecule has 0 radical (unpaired) electrons. The summed E-state index contributed by atoms with van der Waals surface area (Å²) in [5.74, 6) is -0.690. The number of carboxylic acid groups (broad SMARTS) is 1. The molecule has 5 nitrogen and oxygen atoms in total. The van der Waals surface area contributed by atoms with Crippen molar-refractivity contribution in [3.8, 4) is 0 Å². The maximum atomic E-state index is 12.5. The number of hydrogen-bond acceptors (Lipinski definition) is 3. The number of allylic oxidation sites excluding steroid dienone is 4. The van der Waals surface area contributed by atoms with Gasteiger partial charge in [-0.25, -0.2) is 8.42 Å². The molecule has 2 rings (SSSR count). The Hall–Kier alpha value is -2.08. The van der Waals surface area contributed by atoms with Crippen LogP contribution in [0.4, 0.5) is 0 Å². The van der Waals surface area contributed by atoms with Crippen molar-refractivity contribution in [2.45, 2.75) is 57.8 Å². The summed E-state index contributed by atoms with van der Waals surface area (Å²) in [7, 11) is -3.36. The fourth-order valence-corrected chi connectivity index (χ4v) is 4.39. The molecular formula is C21H29NO4S. The Bertz CT molecular complexity index is 767. The maximum Gasteiger partial charge on any atom is 0.303 e. The average Bonchev–Trinajstić information content (AvgIpc) is 2.64. The molecule has 6 heteroatoms. The van der Waals surface area contributed by atoms with Gasteiger partial charge in [0.2, 0.25) is 10.0 Å². The smallest absolute Gasteiger partial charge is 0.303 e. The summed E-state index contributed by atoms with van der Waals surface area (Å²) in [6, 6.07) is 9.64. The van der Waals surface area contributed by atoms with E-state index in [1.165, 1.54) is 0 Å². The van der Waals surface area contributed by atoms with Crippen LogP contribution in [-0.2, 0) is 21.2 Å². The van der Waals surface area contributed by atoms with E-state index >= 15 is 0 Å². The third-order valence-electron chi connectivity index (χ3n) is 4.66. The summed E-state index contributed by atoms with van der Waals surface area (Å²) in [6.07, 6.45) is 10.6. The second kappa shape index (κ2) is 10.9. The SMILES string of the molecule is O=C(O)CCCC=CCC1=C(NS(=O)(=O)CCc2ccccc2)CCCC1. The molecule has 0 atom stereocenters. The van der Waals surface area contributed by atoms with Gasteiger partial charge in [-0.3, -0.25) is 9.52 Å². The van der Waals surface area contributed by atoms with Crippen LogP contribution in [0.1, 0.15) is 56.9 Å². The van der Waals surface area contributed by atoms with E-state index < -0.39 is 16.0 Å². The van der Waals surface area contributed by atoms with Gasteiger partial charge in [0.15, 0.2) is 0 Å². The van der Waals surface area contributed by atoms with Gasteiger partial charge in [-0.1, -0.05) is 42.5 Å². The summed E-state index contributed by atoms with van der Waals surface area (Å²) in [6.45, 7) is 0. The van der Waals surface area contributed by atoms with Crippen LogP contribution in [0, 0.1) is 0 Å². The van der Waals surface area contributed by atoms with Gasteiger partial charge in [0.05, 0.1) is 5.75 Å². The van der Waals surface area contributed by atoms with Crippen LogP contribution in [0.5, 0.6) is 0 Å². The molecular weight excluding hydrogens is 362 g/mol. The average molecular weight is 392 g/mol. The molecule has 0 heterocycles. The van der Waals surface area contributed by atoms with Gasteiger partial charge < -0.3 is 5.11 Å². The standard InChI is InChI=1S/C21H29NO4S/c23-21(24)15-7-2-1-6-12-19-13-8-9-14-20(19)22-27(25,26)17-16-18-10-4-3-5-11-18/h1,3-6,10-11,22H,2,7-9,12-17H2,(H,23,24). The first-order valence-corrected chi connectivity index (χ1v) is 11.2. The van der Waals surface area contributed by atoms with E-state index in [1.54, 1.807) is 0 Å². The number of carbonyl (C=O) groups is 1. The van der Waals surface area contributed by atoms with Crippen molar-refractivity contribution < 1.29 is 18.3 Å². The first kappa shape index (κ1) is 21.2. The number of benzene rings is 1. The first-order valence-electron chi connectivity index (χ1n) is 9.58. The zero-order valence-electron chi connectivity index (χ0n) is 15.7. The van der Waals surface area contributed by atoms with Gasteiger partial charge in [-0.15, -0.1) is 0 Å². The van der Waals surface area contributed by atoms with Crippen LogP contribution in [0.25, 0.3) is 0 Å². The minimum absolute atomic E-state index is 0.0822. The van der Waals surface area contributed by atoms with E-state index in [0.717, 1.165) is 55.4 Å². The second-order valence-corrected chi connectivity index (χ2v) is 8.75. The van der Waals surface area contributed by atoms with Crippen molar-refractivity contribution in [1.29, 1.82) is 0 Å². The highest BCUT2D eigenvalue weighted by molar-refractivity contribution is 7.89. The lowest BCUT2D eigenvalue weighted by Crippen LogP contribution is -2.28. The number of rotatable bonds is 11. The number of hydrogen-bond donors (Lipinski definition) is 2. The Morgan fingerprint density at radius 1 is 1.11 bits per heavy atom. The summed E-state index contributed by atoms with van der Waals surface area (Å²) < 4.78 is 27.8. The van der Waals surface area contributed by atoms with Crippen LogP contribution >= 0.6 is 0 Å². The fourth-order valence-electron chi connectivity index (χ4n) is 3.17. The van der Waals surface area contributed by atoms with Gasteiger partial charge in [-0.2, -0.15) is 0 Å². The number of carboxylic acids is 1. The topological polar surface area (TPSA) is 83.5 Å². The minimum Gasteiger partial charge on any atom is -0.481 e. The Morgan fingerprint density at radius 2 is 1.85 bits per heavy atom. The van der Waals surface area contributed by atoms with Gasteiger partial charge >= 0.3 is 5.97 Å². The van der Waals surface area contributed by atoms with E-state index in [1.807, 2.05) is 42.5 Å². The van der Waals surface area contributed by atoms with E-state index in [-0.39, 0.29) is 12.2 Å². The highest BCUT2D eigenvalue weighted by Crippen LogP contribution is 2.26. The lowest BCUT2D eigenvalue weighted by atomic mass is 9.94. The van der Waals surface area contributed by atoms with Crippen molar-refractivity contribution in [3.63, 3.8) is 0 Å². The Kier molecular flexibility index (Phi) is 8.58. The summed E-state index contributed by atoms with van der Waals surface area (Å²) in [4.78, 5) is 10.5. The molecule has 0 amide bonds. The van der Waals surface area contributed by atoms with E-state index in [2.05, 4.69) is 4.72 Å². The molecule has 1 aromatic carbocycles. The minimum atomic E-state index is -3.36. The van der Waals surface area contributed by atoms with E-state index in [9.17, 15) is 13.2 Å². The summed E-state index contributed by atoms with van der Waals surface area (Å²) in [5, 5.41) is 8.64. The number of unbranched alkanes of at least 4 members (excludes halogenated alkanes) is 1. The molecule has 148 valence electrons. The largest absolute Gasteiger partial charge is 0.481 e. The third kappa shape index (κ3) is 8.43. The molecule has 0 spiro atoms. The number of aryl methyl sites for hydroxylation is 1. The molecule has 1 aromatic rings. The van der Waals surface area contributed by atoms with E-state index in [4.69, 9.17) is 5.11 Å². The van der Waals surface area contributed by atoms with Crippen molar-refractivity contribution in [2.75, 3.05) is 5.75 Å². The zero-order chi connectivity index (χ0) is 19.5.